The number of amides is 1. The van der Waals surface area contributed by atoms with E-state index in [1.54, 1.807) is 6.26 Å². The van der Waals surface area contributed by atoms with Crippen molar-refractivity contribution in [3.8, 4) is 0 Å². The molecule has 0 unspecified atom stereocenters. The Kier molecular flexibility index (Phi) is 5.66. The molecule has 2 N–H and O–H groups in total. The molecule has 4 nitrogen and oxygen atoms in total. The Morgan fingerprint density at radius 1 is 1.19 bits per heavy atom. The summed E-state index contributed by atoms with van der Waals surface area (Å²) in [5.41, 5.74) is -0.391. The van der Waals surface area contributed by atoms with Crippen molar-refractivity contribution in [1.82, 2.24) is 5.32 Å². The lowest BCUT2D eigenvalue weighted by Gasteiger charge is -2.23. The second-order valence-corrected chi connectivity index (χ2v) is 6.61. The van der Waals surface area contributed by atoms with Crippen molar-refractivity contribution in [1.29, 1.82) is 0 Å². The van der Waals surface area contributed by atoms with Gasteiger partial charge in [0, 0.05) is 12.8 Å². The van der Waals surface area contributed by atoms with Crippen LogP contribution in [0.5, 0.6) is 0 Å². The summed E-state index contributed by atoms with van der Waals surface area (Å²) in [5, 5.41) is 2.85. The Balaban J connectivity index is 1.60. The molecule has 26 heavy (non-hydrogen) atoms. The number of carbonyl (C=O) groups is 1. The van der Waals surface area contributed by atoms with Crippen molar-refractivity contribution < 1.29 is 27.3 Å². The predicted octanol–water partition coefficient (Wildman–Crippen LogP) is 2.38. The predicted molar refractivity (Wildman–Crippen MR) is 89.5 cm³/mol. The van der Waals surface area contributed by atoms with E-state index < -0.39 is 11.7 Å². The summed E-state index contributed by atoms with van der Waals surface area (Å²) < 4.78 is 43.8. The fourth-order valence-corrected chi connectivity index (χ4v) is 3.43. The van der Waals surface area contributed by atoms with E-state index in [9.17, 15) is 18.0 Å². The van der Waals surface area contributed by atoms with E-state index in [0.29, 0.717) is 12.1 Å². The number of hydrogen-bond donors (Lipinski definition) is 2. The summed E-state index contributed by atoms with van der Waals surface area (Å²) in [5.74, 6) is 0.528. The molecule has 0 bridgehead atoms. The first kappa shape index (κ1) is 18.5. The van der Waals surface area contributed by atoms with E-state index >= 15 is 0 Å². The second kappa shape index (κ2) is 7.95. The molecule has 0 saturated carbocycles. The highest BCUT2D eigenvalue weighted by molar-refractivity contribution is 5.78. The molecule has 0 radical (unpaired) electrons. The largest absolute Gasteiger partial charge is 0.463 e. The van der Waals surface area contributed by atoms with Gasteiger partial charge in [0.2, 0.25) is 5.91 Å². The molecule has 3 rings (SSSR count). The third kappa shape index (κ3) is 4.66. The number of quaternary nitrogens is 1. The first-order chi connectivity index (χ1) is 12.4. The van der Waals surface area contributed by atoms with Crippen LogP contribution in [0.15, 0.2) is 47.1 Å². The lowest BCUT2D eigenvalue weighted by molar-refractivity contribution is -0.919. The lowest BCUT2D eigenvalue weighted by Crippen LogP contribution is -3.11. The molecule has 0 spiro atoms. The average molecular weight is 367 g/mol. The maximum atomic E-state index is 12.8. The molecule has 1 fully saturated rings. The van der Waals surface area contributed by atoms with Crippen LogP contribution in [0.25, 0.3) is 0 Å². The van der Waals surface area contributed by atoms with Gasteiger partial charge in [-0.15, -0.1) is 0 Å². The highest BCUT2D eigenvalue weighted by atomic mass is 19.4. The average Bonchev–Trinajstić information content (AvgIpc) is 3.28. The number of halogens is 3. The third-order valence-corrected chi connectivity index (χ3v) is 4.75. The Morgan fingerprint density at radius 2 is 1.96 bits per heavy atom. The van der Waals surface area contributed by atoms with Crippen LogP contribution in [0.1, 0.15) is 35.8 Å². The lowest BCUT2D eigenvalue weighted by atomic mass is 10.1. The third-order valence-electron chi connectivity index (χ3n) is 4.75. The number of hydrogen-bond acceptors (Lipinski definition) is 2. The van der Waals surface area contributed by atoms with Gasteiger partial charge in [0.05, 0.1) is 37.9 Å². The van der Waals surface area contributed by atoms with Crippen molar-refractivity contribution in [2.24, 2.45) is 0 Å². The fourth-order valence-electron chi connectivity index (χ4n) is 3.43. The van der Waals surface area contributed by atoms with E-state index in [1.807, 2.05) is 12.1 Å². The molecule has 140 valence electrons. The van der Waals surface area contributed by atoms with Crippen LogP contribution < -0.4 is 10.2 Å². The van der Waals surface area contributed by atoms with Crippen LogP contribution in [0, 0.1) is 0 Å². The maximum absolute atomic E-state index is 12.8. The molecular weight excluding hydrogens is 345 g/mol. The van der Waals surface area contributed by atoms with Gasteiger partial charge in [0.15, 0.2) is 11.8 Å². The van der Waals surface area contributed by atoms with E-state index in [4.69, 9.17) is 4.42 Å². The first-order valence-electron chi connectivity index (χ1n) is 8.74. The first-order valence-corrected chi connectivity index (χ1v) is 8.74. The van der Waals surface area contributed by atoms with E-state index in [2.05, 4.69) is 5.32 Å². The smallest absolute Gasteiger partial charge is 0.416 e. The zero-order chi connectivity index (χ0) is 18.6. The second-order valence-electron chi connectivity index (χ2n) is 6.61. The highest BCUT2D eigenvalue weighted by Crippen LogP contribution is 2.29. The van der Waals surface area contributed by atoms with Gasteiger partial charge in [-0.05, 0) is 23.8 Å². The van der Waals surface area contributed by atoms with Crippen molar-refractivity contribution in [3.63, 3.8) is 0 Å². The van der Waals surface area contributed by atoms with Crippen LogP contribution >= 0.6 is 0 Å². The Hall–Kier alpha value is -2.28. The number of likely N-dealkylation sites (tertiary alicyclic amines) is 1. The van der Waals surface area contributed by atoms with Gasteiger partial charge in [0.25, 0.3) is 0 Å². The molecule has 1 atom stereocenters. The summed E-state index contributed by atoms with van der Waals surface area (Å²) in [4.78, 5) is 13.6. The molecule has 2 aromatic rings. The molecule has 0 aliphatic carbocycles. The summed E-state index contributed by atoms with van der Waals surface area (Å²) in [6.07, 6.45) is -0.585. The Morgan fingerprint density at radius 3 is 2.62 bits per heavy atom. The SMILES string of the molecule is O=C(Cc1cccc(C(F)(F)F)c1)NC[C@@H](c1ccco1)[NH+]1CCCC1. The minimum atomic E-state index is -4.41. The van der Waals surface area contributed by atoms with Crippen molar-refractivity contribution in [3.05, 3.63) is 59.5 Å². The minimum absolute atomic E-state index is 0.0259. The monoisotopic (exact) mass is 367 g/mol. The summed E-state index contributed by atoms with van der Waals surface area (Å²) >= 11 is 0. The molecule has 1 aliphatic heterocycles. The molecular formula is C19H22F3N2O2+. The Labute approximate surface area is 150 Å². The standard InChI is InChI=1S/C19H21F3N2O2/c20-19(21,22)15-6-3-5-14(11-15)12-18(25)23-13-16(17-7-4-10-26-17)24-8-1-2-9-24/h3-7,10-11,16H,1-2,8-9,12-13H2,(H,23,25)/p+1/t16-/m0/s1. The molecule has 1 aromatic carbocycles. The van der Waals surface area contributed by atoms with Gasteiger partial charge in [0.1, 0.15) is 0 Å². The minimum Gasteiger partial charge on any atom is -0.463 e. The van der Waals surface area contributed by atoms with Crippen LogP contribution in [-0.4, -0.2) is 25.5 Å². The summed E-state index contributed by atoms with van der Waals surface area (Å²) in [6, 6.07) is 8.63. The number of nitrogens with one attached hydrogen (secondary N) is 2. The summed E-state index contributed by atoms with van der Waals surface area (Å²) in [7, 11) is 0. The Bertz CT molecular complexity index is 723. The number of carbonyl (C=O) groups excluding carboxylic acids is 1. The van der Waals surface area contributed by atoms with E-state index in [1.165, 1.54) is 17.0 Å². The topological polar surface area (TPSA) is 46.7 Å². The van der Waals surface area contributed by atoms with Crippen LogP contribution in [0.2, 0.25) is 0 Å². The normalized spacial score (nSPS) is 16.6. The maximum Gasteiger partial charge on any atom is 0.416 e. The van der Waals surface area contributed by atoms with Gasteiger partial charge in [-0.1, -0.05) is 18.2 Å². The van der Waals surface area contributed by atoms with Gasteiger partial charge in [-0.3, -0.25) is 4.79 Å². The molecule has 2 heterocycles. The van der Waals surface area contributed by atoms with Gasteiger partial charge >= 0.3 is 6.18 Å². The number of alkyl halides is 3. The highest BCUT2D eigenvalue weighted by Gasteiger charge is 2.31. The molecule has 1 saturated heterocycles. The molecule has 1 aromatic heterocycles. The fraction of sp³-hybridized carbons (Fsp3) is 0.421. The molecule has 7 heteroatoms. The van der Waals surface area contributed by atoms with E-state index in [0.717, 1.165) is 43.8 Å². The number of furan rings is 1. The van der Waals surface area contributed by atoms with Crippen LogP contribution in [0.3, 0.4) is 0 Å². The van der Waals surface area contributed by atoms with Gasteiger partial charge in [-0.2, -0.15) is 13.2 Å². The molecule has 1 aliphatic rings. The van der Waals surface area contributed by atoms with Crippen LogP contribution in [0.4, 0.5) is 13.2 Å². The van der Waals surface area contributed by atoms with E-state index in [-0.39, 0.29) is 18.4 Å². The van der Waals surface area contributed by atoms with Crippen molar-refractivity contribution in [2.75, 3.05) is 19.6 Å². The van der Waals surface area contributed by atoms with Crippen molar-refractivity contribution in [2.45, 2.75) is 31.5 Å². The zero-order valence-corrected chi connectivity index (χ0v) is 14.3. The number of rotatable bonds is 6. The molecule has 1 amide bonds. The summed E-state index contributed by atoms with van der Waals surface area (Å²) in [6.45, 7) is 2.45. The van der Waals surface area contributed by atoms with Crippen LogP contribution in [-0.2, 0) is 17.4 Å². The number of benzene rings is 1. The van der Waals surface area contributed by atoms with Gasteiger partial charge < -0.3 is 14.6 Å². The zero-order valence-electron chi connectivity index (χ0n) is 14.3. The van der Waals surface area contributed by atoms with Crippen molar-refractivity contribution >= 4 is 5.91 Å². The quantitative estimate of drug-likeness (QED) is 0.824. The van der Waals surface area contributed by atoms with Gasteiger partial charge in [-0.25, -0.2) is 0 Å².